The molecule has 27 heavy (non-hydrogen) atoms. The van der Waals surface area contributed by atoms with Crippen molar-refractivity contribution in [2.75, 3.05) is 0 Å². The molecule has 6 heteroatoms. The van der Waals surface area contributed by atoms with Gasteiger partial charge in [-0.2, -0.15) is 5.21 Å². The van der Waals surface area contributed by atoms with E-state index in [1.807, 2.05) is 60.7 Å². The lowest BCUT2D eigenvalue weighted by Gasteiger charge is -2.20. The van der Waals surface area contributed by atoms with E-state index in [4.69, 9.17) is 0 Å². The van der Waals surface area contributed by atoms with Crippen LogP contribution in [0.25, 0.3) is 11.4 Å². The zero-order valence-electron chi connectivity index (χ0n) is 14.4. The number of benzene rings is 3. The van der Waals surface area contributed by atoms with Crippen molar-refractivity contribution in [3.05, 3.63) is 102 Å². The van der Waals surface area contributed by atoms with E-state index in [9.17, 15) is 4.79 Å². The van der Waals surface area contributed by atoms with Gasteiger partial charge in [-0.3, -0.25) is 4.79 Å². The molecule has 0 spiro atoms. The van der Waals surface area contributed by atoms with Crippen LogP contribution in [0.1, 0.15) is 27.5 Å². The van der Waals surface area contributed by atoms with Gasteiger partial charge < -0.3 is 5.32 Å². The molecular formula is C21H17N5O. The molecule has 0 aliphatic heterocycles. The number of carbonyl (C=O) groups is 1. The number of nitrogens with one attached hydrogen (secondary N) is 2. The minimum Gasteiger partial charge on any atom is -0.341 e. The van der Waals surface area contributed by atoms with Gasteiger partial charge in [0.2, 0.25) is 5.82 Å². The maximum Gasteiger partial charge on any atom is 0.252 e. The molecule has 4 rings (SSSR count). The van der Waals surface area contributed by atoms with Gasteiger partial charge in [0.1, 0.15) is 0 Å². The number of amides is 1. The van der Waals surface area contributed by atoms with E-state index in [1.54, 1.807) is 24.3 Å². The molecule has 1 aromatic heterocycles. The van der Waals surface area contributed by atoms with Crippen LogP contribution >= 0.6 is 0 Å². The second-order valence-corrected chi connectivity index (χ2v) is 6.04. The van der Waals surface area contributed by atoms with Crippen molar-refractivity contribution >= 4 is 5.91 Å². The van der Waals surface area contributed by atoms with Gasteiger partial charge in [0.05, 0.1) is 6.04 Å². The third-order valence-electron chi connectivity index (χ3n) is 4.29. The van der Waals surface area contributed by atoms with Crippen molar-refractivity contribution in [1.29, 1.82) is 0 Å². The standard InChI is InChI=1S/C21H17N5O/c27-21(18-13-11-17(12-14-18)20-23-25-26-24-20)22-19(15-7-3-1-4-8-15)16-9-5-2-6-10-16/h1-14,19H,(H,22,27)(H,23,24,25,26). The zero-order chi connectivity index (χ0) is 18.5. The summed E-state index contributed by atoms with van der Waals surface area (Å²) in [6.45, 7) is 0. The number of H-pyrrole nitrogens is 1. The molecule has 0 atom stereocenters. The average Bonchev–Trinajstić information content (AvgIpc) is 3.28. The van der Waals surface area contributed by atoms with Gasteiger partial charge in [-0.1, -0.05) is 72.8 Å². The first-order chi connectivity index (χ1) is 13.3. The van der Waals surface area contributed by atoms with Gasteiger partial charge in [-0.25, -0.2) is 0 Å². The first kappa shape index (κ1) is 16.7. The van der Waals surface area contributed by atoms with Crippen molar-refractivity contribution in [2.24, 2.45) is 0 Å². The van der Waals surface area contributed by atoms with Crippen LogP contribution in [0.15, 0.2) is 84.9 Å². The highest BCUT2D eigenvalue weighted by Crippen LogP contribution is 2.22. The minimum absolute atomic E-state index is 0.146. The highest BCUT2D eigenvalue weighted by molar-refractivity contribution is 5.95. The molecular weight excluding hydrogens is 338 g/mol. The SMILES string of the molecule is O=C(NC(c1ccccc1)c1ccccc1)c1ccc(-c2nn[nH]n2)cc1. The molecule has 0 fully saturated rings. The third-order valence-corrected chi connectivity index (χ3v) is 4.29. The minimum atomic E-state index is -0.225. The Morgan fingerprint density at radius 3 is 1.93 bits per heavy atom. The first-order valence-electron chi connectivity index (χ1n) is 8.56. The van der Waals surface area contributed by atoms with Crippen LogP contribution < -0.4 is 5.32 Å². The molecule has 132 valence electrons. The van der Waals surface area contributed by atoms with Crippen molar-refractivity contribution in [3.8, 4) is 11.4 Å². The summed E-state index contributed by atoms with van der Waals surface area (Å²) in [5.41, 5.74) is 3.42. The summed E-state index contributed by atoms with van der Waals surface area (Å²) in [5.74, 6) is 0.348. The van der Waals surface area contributed by atoms with Crippen LogP contribution in [0.2, 0.25) is 0 Å². The highest BCUT2D eigenvalue weighted by atomic mass is 16.1. The Kier molecular flexibility index (Phi) is 4.70. The molecule has 4 aromatic rings. The van der Waals surface area contributed by atoms with Gasteiger partial charge in [0.15, 0.2) is 0 Å². The van der Waals surface area contributed by atoms with Crippen LogP contribution in [-0.4, -0.2) is 26.5 Å². The molecule has 0 radical (unpaired) electrons. The fourth-order valence-electron chi connectivity index (χ4n) is 2.92. The molecule has 0 unspecified atom stereocenters. The van der Waals surface area contributed by atoms with E-state index in [-0.39, 0.29) is 11.9 Å². The van der Waals surface area contributed by atoms with Gasteiger partial charge in [-0.05, 0) is 28.5 Å². The topological polar surface area (TPSA) is 83.6 Å². The Labute approximate surface area is 156 Å². The van der Waals surface area contributed by atoms with Crippen molar-refractivity contribution in [1.82, 2.24) is 25.9 Å². The van der Waals surface area contributed by atoms with E-state index >= 15 is 0 Å². The number of aromatic amines is 1. The molecule has 0 bridgehead atoms. The van der Waals surface area contributed by atoms with Gasteiger partial charge in [0.25, 0.3) is 5.91 Å². The van der Waals surface area contributed by atoms with Gasteiger partial charge in [-0.15, -0.1) is 10.2 Å². The van der Waals surface area contributed by atoms with E-state index < -0.39 is 0 Å². The number of nitrogens with zero attached hydrogens (tertiary/aromatic N) is 3. The van der Waals surface area contributed by atoms with Crippen molar-refractivity contribution < 1.29 is 4.79 Å². The van der Waals surface area contributed by atoms with Crippen molar-refractivity contribution in [3.63, 3.8) is 0 Å². The predicted octanol–water partition coefficient (Wildman–Crippen LogP) is 3.39. The van der Waals surface area contributed by atoms with Crippen molar-refractivity contribution in [2.45, 2.75) is 6.04 Å². The molecule has 3 aromatic carbocycles. The Morgan fingerprint density at radius 2 is 1.41 bits per heavy atom. The lowest BCUT2D eigenvalue weighted by Crippen LogP contribution is -2.29. The summed E-state index contributed by atoms with van der Waals surface area (Å²) in [5, 5.41) is 17.0. The largest absolute Gasteiger partial charge is 0.341 e. The molecule has 1 heterocycles. The quantitative estimate of drug-likeness (QED) is 0.575. The summed E-state index contributed by atoms with van der Waals surface area (Å²) in [6.07, 6.45) is 0. The highest BCUT2D eigenvalue weighted by Gasteiger charge is 2.17. The van der Waals surface area contributed by atoms with Crippen LogP contribution in [0.3, 0.4) is 0 Å². The number of rotatable bonds is 5. The molecule has 6 nitrogen and oxygen atoms in total. The summed E-state index contributed by atoms with van der Waals surface area (Å²) >= 11 is 0. The van der Waals surface area contributed by atoms with Crippen LogP contribution in [-0.2, 0) is 0 Å². The number of tetrazole rings is 1. The number of hydrogen-bond donors (Lipinski definition) is 2. The fraction of sp³-hybridized carbons (Fsp3) is 0.0476. The Balaban J connectivity index is 1.58. The summed E-state index contributed by atoms with van der Waals surface area (Å²) in [7, 11) is 0. The molecule has 0 aliphatic carbocycles. The maximum atomic E-state index is 12.8. The maximum absolute atomic E-state index is 12.8. The Morgan fingerprint density at radius 1 is 0.815 bits per heavy atom. The lowest BCUT2D eigenvalue weighted by atomic mass is 9.98. The molecule has 0 saturated heterocycles. The first-order valence-corrected chi connectivity index (χ1v) is 8.56. The number of aromatic nitrogens is 4. The molecule has 2 N–H and O–H groups in total. The molecule has 0 aliphatic rings. The summed E-state index contributed by atoms with van der Waals surface area (Å²) in [6, 6.07) is 26.7. The second-order valence-electron chi connectivity index (χ2n) is 6.04. The number of carbonyl (C=O) groups excluding carboxylic acids is 1. The zero-order valence-corrected chi connectivity index (χ0v) is 14.4. The normalized spacial score (nSPS) is 10.7. The van der Waals surface area contributed by atoms with E-state index in [0.29, 0.717) is 11.4 Å². The monoisotopic (exact) mass is 355 g/mol. The van der Waals surface area contributed by atoms with E-state index in [1.165, 1.54) is 0 Å². The second kappa shape index (κ2) is 7.61. The smallest absolute Gasteiger partial charge is 0.252 e. The predicted molar refractivity (Wildman–Crippen MR) is 102 cm³/mol. The number of hydrogen-bond acceptors (Lipinski definition) is 4. The van der Waals surface area contributed by atoms with Gasteiger partial charge in [0, 0.05) is 11.1 Å². The van der Waals surface area contributed by atoms with E-state index in [0.717, 1.165) is 16.7 Å². The van der Waals surface area contributed by atoms with Crippen LogP contribution in [0, 0.1) is 0 Å². The lowest BCUT2D eigenvalue weighted by molar-refractivity contribution is 0.0943. The van der Waals surface area contributed by atoms with E-state index in [2.05, 4.69) is 25.9 Å². The average molecular weight is 355 g/mol. The fourth-order valence-corrected chi connectivity index (χ4v) is 2.92. The van der Waals surface area contributed by atoms with Crippen LogP contribution in [0.4, 0.5) is 0 Å². The summed E-state index contributed by atoms with van der Waals surface area (Å²) < 4.78 is 0. The molecule has 1 amide bonds. The Bertz CT molecular complexity index is 960. The third kappa shape index (κ3) is 3.74. The van der Waals surface area contributed by atoms with Gasteiger partial charge >= 0.3 is 0 Å². The molecule has 0 saturated carbocycles. The Hall–Kier alpha value is -3.80. The summed E-state index contributed by atoms with van der Waals surface area (Å²) in [4.78, 5) is 12.8. The van der Waals surface area contributed by atoms with Crippen LogP contribution in [0.5, 0.6) is 0 Å².